The van der Waals surface area contributed by atoms with E-state index in [0.29, 0.717) is 18.2 Å². The molecule has 0 heterocycles. The molecule has 2 aromatic rings. The topological polar surface area (TPSA) is 59.1 Å². The Morgan fingerprint density at radius 3 is 2.42 bits per heavy atom. The molecule has 0 radical (unpaired) electrons. The average Bonchev–Trinajstić information content (AvgIpc) is 2.41. The lowest BCUT2D eigenvalue weighted by Crippen LogP contribution is -2.14. The molecule has 0 aliphatic heterocycles. The largest absolute Gasteiger partial charge is 0.384 e. The third-order valence-electron chi connectivity index (χ3n) is 2.75. The summed E-state index contributed by atoms with van der Waals surface area (Å²) in [5.41, 5.74) is 8.23. The van der Waals surface area contributed by atoms with Crippen LogP contribution in [0, 0.1) is 5.41 Å². The monoisotopic (exact) mass is 274 g/mol. The molecule has 0 atom stereocenters. The van der Waals surface area contributed by atoms with E-state index in [2.05, 4.69) is 0 Å². The van der Waals surface area contributed by atoms with Crippen molar-refractivity contribution in [2.75, 3.05) is 0 Å². The Morgan fingerprint density at radius 1 is 1.05 bits per heavy atom. The van der Waals surface area contributed by atoms with Gasteiger partial charge < -0.3 is 10.5 Å². The molecular formula is C15H15ClN2O. The molecule has 0 amide bonds. The van der Waals surface area contributed by atoms with Crippen molar-refractivity contribution in [2.24, 2.45) is 5.73 Å². The predicted molar refractivity (Wildman–Crippen MR) is 77.4 cm³/mol. The minimum atomic E-state index is 0.0608. The third kappa shape index (κ3) is 3.81. The number of nitrogens with two attached hydrogens (primary N) is 1. The first-order valence-electron chi connectivity index (χ1n) is 5.91. The van der Waals surface area contributed by atoms with Crippen molar-refractivity contribution in [3.8, 4) is 0 Å². The van der Waals surface area contributed by atoms with Gasteiger partial charge in [-0.2, -0.15) is 0 Å². The lowest BCUT2D eigenvalue weighted by Gasteiger charge is -2.09. The lowest BCUT2D eigenvalue weighted by molar-refractivity contribution is 0.107. The number of ether oxygens (including phenoxy) is 1. The van der Waals surface area contributed by atoms with Crippen molar-refractivity contribution >= 4 is 17.4 Å². The normalized spacial score (nSPS) is 10.4. The molecule has 0 unspecified atom stereocenters. The van der Waals surface area contributed by atoms with Crippen molar-refractivity contribution in [3.05, 3.63) is 70.2 Å². The van der Waals surface area contributed by atoms with Gasteiger partial charge in [0.15, 0.2) is 0 Å². The van der Waals surface area contributed by atoms with Crippen LogP contribution in [0.2, 0.25) is 5.02 Å². The molecule has 19 heavy (non-hydrogen) atoms. The second kappa shape index (κ2) is 6.36. The van der Waals surface area contributed by atoms with Crippen molar-refractivity contribution in [1.82, 2.24) is 0 Å². The van der Waals surface area contributed by atoms with E-state index >= 15 is 0 Å². The Morgan fingerprint density at radius 2 is 1.74 bits per heavy atom. The highest BCUT2D eigenvalue weighted by atomic mass is 35.5. The second-order valence-electron chi connectivity index (χ2n) is 4.19. The van der Waals surface area contributed by atoms with Gasteiger partial charge in [0.05, 0.1) is 13.2 Å². The number of hydrogen-bond acceptors (Lipinski definition) is 2. The van der Waals surface area contributed by atoms with E-state index in [4.69, 9.17) is 27.5 Å². The van der Waals surface area contributed by atoms with Crippen molar-refractivity contribution in [2.45, 2.75) is 13.2 Å². The molecule has 0 saturated heterocycles. The van der Waals surface area contributed by atoms with Gasteiger partial charge >= 0.3 is 0 Å². The van der Waals surface area contributed by atoms with Crippen LogP contribution in [0.15, 0.2) is 48.5 Å². The van der Waals surface area contributed by atoms with Crippen LogP contribution in [0.4, 0.5) is 0 Å². The smallest absolute Gasteiger partial charge is 0.123 e. The van der Waals surface area contributed by atoms with Gasteiger partial charge in [-0.1, -0.05) is 48.0 Å². The number of nitrogens with one attached hydrogen (secondary N) is 1. The van der Waals surface area contributed by atoms with Crippen molar-refractivity contribution < 1.29 is 4.74 Å². The van der Waals surface area contributed by atoms with Crippen LogP contribution in [0.5, 0.6) is 0 Å². The van der Waals surface area contributed by atoms with Crippen LogP contribution in [0.1, 0.15) is 16.7 Å². The zero-order valence-corrected chi connectivity index (χ0v) is 11.2. The molecule has 0 bridgehead atoms. The highest BCUT2D eigenvalue weighted by Gasteiger charge is 2.04. The first-order chi connectivity index (χ1) is 9.16. The molecule has 3 nitrogen and oxygen atoms in total. The van der Waals surface area contributed by atoms with Gasteiger partial charge in [-0.05, 0) is 23.3 Å². The van der Waals surface area contributed by atoms with Gasteiger partial charge in [-0.3, -0.25) is 5.41 Å². The summed E-state index contributed by atoms with van der Waals surface area (Å²) in [6.45, 7) is 0.932. The summed E-state index contributed by atoms with van der Waals surface area (Å²) < 4.78 is 5.64. The molecule has 2 aromatic carbocycles. The molecule has 0 spiro atoms. The van der Waals surface area contributed by atoms with Gasteiger partial charge in [0, 0.05) is 10.6 Å². The fraction of sp³-hybridized carbons (Fsp3) is 0.133. The maximum atomic E-state index is 7.51. The number of rotatable bonds is 5. The van der Waals surface area contributed by atoms with E-state index in [1.807, 2.05) is 48.5 Å². The molecule has 0 aliphatic carbocycles. The van der Waals surface area contributed by atoms with Gasteiger partial charge in [0.1, 0.15) is 5.84 Å². The first-order valence-corrected chi connectivity index (χ1v) is 6.29. The highest BCUT2D eigenvalue weighted by Crippen LogP contribution is 2.13. The Hall–Kier alpha value is -1.84. The fourth-order valence-corrected chi connectivity index (χ4v) is 1.89. The zero-order valence-electron chi connectivity index (χ0n) is 10.4. The van der Waals surface area contributed by atoms with Crippen LogP contribution in [0.25, 0.3) is 0 Å². The van der Waals surface area contributed by atoms with Crippen LogP contribution in [0.3, 0.4) is 0 Å². The first kappa shape index (κ1) is 13.6. The van der Waals surface area contributed by atoms with E-state index in [0.717, 1.165) is 16.7 Å². The molecule has 0 saturated carbocycles. The molecule has 0 aromatic heterocycles. The van der Waals surface area contributed by atoms with E-state index in [-0.39, 0.29) is 5.84 Å². The highest BCUT2D eigenvalue weighted by molar-refractivity contribution is 6.30. The molecule has 4 heteroatoms. The van der Waals surface area contributed by atoms with Crippen molar-refractivity contribution in [1.29, 1.82) is 5.41 Å². The van der Waals surface area contributed by atoms with Crippen LogP contribution in [-0.4, -0.2) is 5.84 Å². The van der Waals surface area contributed by atoms with E-state index in [1.54, 1.807) is 0 Å². The molecule has 0 aliphatic rings. The Bertz CT molecular complexity index is 567. The quantitative estimate of drug-likeness (QED) is 0.649. The molecule has 98 valence electrons. The van der Waals surface area contributed by atoms with E-state index in [1.165, 1.54) is 0 Å². The van der Waals surface area contributed by atoms with Crippen LogP contribution < -0.4 is 5.73 Å². The van der Waals surface area contributed by atoms with Crippen molar-refractivity contribution in [3.63, 3.8) is 0 Å². The summed E-state index contributed by atoms with van der Waals surface area (Å²) in [7, 11) is 0. The summed E-state index contributed by atoms with van der Waals surface area (Å²) in [5.74, 6) is 0.0608. The number of amidine groups is 1. The average molecular weight is 275 g/mol. The summed E-state index contributed by atoms with van der Waals surface area (Å²) in [4.78, 5) is 0. The summed E-state index contributed by atoms with van der Waals surface area (Å²) >= 11 is 5.82. The number of hydrogen-bond donors (Lipinski definition) is 2. The van der Waals surface area contributed by atoms with E-state index < -0.39 is 0 Å². The molecular weight excluding hydrogens is 260 g/mol. The zero-order chi connectivity index (χ0) is 13.7. The second-order valence-corrected chi connectivity index (χ2v) is 4.63. The van der Waals surface area contributed by atoms with Gasteiger partial charge in [0.2, 0.25) is 0 Å². The van der Waals surface area contributed by atoms with Gasteiger partial charge in [0.25, 0.3) is 0 Å². The summed E-state index contributed by atoms with van der Waals surface area (Å²) in [6.07, 6.45) is 0. The summed E-state index contributed by atoms with van der Waals surface area (Å²) in [5, 5.41) is 8.22. The van der Waals surface area contributed by atoms with Crippen LogP contribution >= 0.6 is 11.6 Å². The van der Waals surface area contributed by atoms with Crippen LogP contribution in [-0.2, 0) is 18.0 Å². The number of nitrogen functional groups attached to an aromatic ring is 1. The van der Waals surface area contributed by atoms with Gasteiger partial charge in [-0.15, -0.1) is 0 Å². The SMILES string of the molecule is N=C(N)c1ccccc1COCc1ccc(Cl)cc1. The Labute approximate surface area is 117 Å². The third-order valence-corrected chi connectivity index (χ3v) is 3.00. The molecule has 0 fully saturated rings. The standard InChI is InChI=1S/C15H15ClN2O/c16-13-7-5-11(6-8-13)9-19-10-12-3-1-2-4-14(12)15(17)18/h1-8H,9-10H2,(H3,17,18). The lowest BCUT2D eigenvalue weighted by atomic mass is 10.1. The number of benzene rings is 2. The number of halogens is 1. The molecule has 3 N–H and O–H groups in total. The maximum Gasteiger partial charge on any atom is 0.123 e. The Balaban J connectivity index is 1.96. The molecule has 2 rings (SSSR count). The maximum absolute atomic E-state index is 7.51. The van der Waals surface area contributed by atoms with E-state index in [9.17, 15) is 0 Å². The predicted octanol–water partition coefficient (Wildman–Crippen LogP) is 3.34. The summed E-state index contributed by atoms with van der Waals surface area (Å²) in [6, 6.07) is 15.0. The Kier molecular flexibility index (Phi) is 4.55. The minimum Gasteiger partial charge on any atom is -0.384 e. The minimum absolute atomic E-state index is 0.0608. The van der Waals surface area contributed by atoms with Gasteiger partial charge in [-0.25, -0.2) is 0 Å². The fourth-order valence-electron chi connectivity index (χ4n) is 1.77.